The Morgan fingerprint density at radius 1 is 0.941 bits per heavy atom. The first-order valence-electron chi connectivity index (χ1n) is 10.8. The van der Waals surface area contributed by atoms with E-state index < -0.39 is 0 Å². The Balaban J connectivity index is 1.50. The van der Waals surface area contributed by atoms with Crippen LogP contribution < -0.4 is 0 Å². The Labute approximate surface area is 206 Å². The lowest BCUT2D eigenvalue weighted by Gasteiger charge is -2.16. The molecular weight excluding hydrogens is 468 g/mol. The second kappa shape index (κ2) is 9.79. The fourth-order valence-electron chi connectivity index (χ4n) is 3.62. The summed E-state index contributed by atoms with van der Waals surface area (Å²) < 4.78 is 7.95. The van der Waals surface area contributed by atoms with Gasteiger partial charge in [-0.15, -0.1) is 20.4 Å². The number of nitrogens with zero attached hydrogens (tertiary/aromatic N) is 6. The molecule has 0 unspecified atom stereocenters. The number of pyridine rings is 1. The summed E-state index contributed by atoms with van der Waals surface area (Å²) >= 11 is 7.75. The zero-order chi connectivity index (χ0) is 23.5. The summed E-state index contributed by atoms with van der Waals surface area (Å²) in [5, 5.41) is 18.7. The lowest BCUT2D eigenvalue weighted by atomic mass is 10.0. The molecular formula is C25H21ClN6OS. The summed E-state index contributed by atoms with van der Waals surface area (Å²) in [4.78, 5) is 4.26. The average Bonchev–Trinajstić information content (AvgIpc) is 3.51. The molecule has 0 radical (unpaired) electrons. The highest BCUT2D eigenvalue weighted by Crippen LogP contribution is 2.33. The number of hydrogen-bond acceptors (Lipinski definition) is 7. The van der Waals surface area contributed by atoms with Gasteiger partial charge in [0, 0.05) is 18.0 Å². The third-order valence-electron chi connectivity index (χ3n) is 5.25. The summed E-state index contributed by atoms with van der Waals surface area (Å²) in [6, 6.07) is 19.6. The first-order chi connectivity index (χ1) is 16.6. The van der Waals surface area contributed by atoms with Crippen LogP contribution in [0.25, 0.3) is 28.5 Å². The largest absolute Gasteiger partial charge is 0.420 e. The van der Waals surface area contributed by atoms with Crippen molar-refractivity contribution in [2.75, 3.05) is 0 Å². The van der Waals surface area contributed by atoms with Crippen molar-refractivity contribution in [3.63, 3.8) is 0 Å². The standard InChI is InChI=1S/C25H21ClN6OS/c1-16(2)18-9-4-6-12-21(18)32-23(17-8-7-13-27-14-17)29-31-25(32)34-15-22-28-30-24(33-22)19-10-3-5-11-20(19)26/h3-14,16H,15H2,1-2H3. The zero-order valence-electron chi connectivity index (χ0n) is 18.6. The summed E-state index contributed by atoms with van der Waals surface area (Å²) in [7, 11) is 0. The van der Waals surface area contributed by atoms with Crippen molar-refractivity contribution in [2.24, 2.45) is 0 Å². The second-order valence-corrected chi connectivity index (χ2v) is 9.22. The van der Waals surface area contributed by atoms with Crippen molar-refractivity contribution >= 4 is 23.4 Å². The molecule has 0 saturated heterocycles. The molecule has 5 rings (SSSR count). The molecule has 3 heterocycles. The second-order valence-electron chi connectivity index (χ2n) is 7.87. The molecule has 0 aliphatic carbocycles. The molecule has 0 saturated carbocycles. The summed E-state index contributed by atoms with van der Waals surface area (Å²) in [6.07, 6.45) is 3.54. The van der Waals surface area contributed by atoms with Gasteiger partial charge in [-0.1, -0.05) is 67.5 Å². The van der Waals surface area contributed by atoms with Gasteiger partial charge in [0.2, 0.25) is 11.8 Å². The minimum absolute atomic E-state index is 0.326. The van der Waals surface area contributed by atoms with Gasteiger partial charge >= 0.3 is 0 Å². The molecule has 0 bridgehead atoms. The molecule has 170 valence electrons. The predicted molar refractivity (Wildman–Crippen MR) is 133 cm³/mol. The van der Waals surface area contributed by atoms with Gasteiger partial charge in [0.25, 0.3) is 0 Å². The molecule has 7 nitrogen and oxygen atoms in total. The monoisotopic (exact) mass is 488 g/mol. The van der Waals surface area contributed by atoms with Gasteiger partial charge in [0.1, 0.15) is 0 Å². The van der Waals surface area contributed by atoms with E-state index in [1.807, 2.05) is 36.4 Å². The van der Waals surface area contributed by atoms with Crippen molar-refractivity contribution in [3.05, 3.63) is 89.5 Å². The lowest BCUT2D eigenvalue weighted by Crippen LogP contribution is -2.05. The molecule has 9 heteroatoms. The highest BCUT2D eigenvalue weighted by Gasteiger charge is 2.20. The first-order valence-corrected chi connectivity index (χ1v) is 12.1. The van der Waals surface area contributed by atoms with Crippen LogP contribution in [-0.2, 0) is 5.75 Å². The van der Waals surface area contributed by atoms with Crippen LogP contribution in [0.5, 0.6) is 0 Å². The third kappa shape index (κ3) is 4.47. The average molecular weight is 489 g/mol. The first kappa shape index (κ1) is 22.3. The smallest absolute Gasteiger partial charge is 0.249 e. The number of thioether (sulfide) groups is 1. The molecule has 2 aromatic carbocycles. The van der Waals surface area contributed by atoms with Crippen molar-refractivity contribution < 1.29 is 4.42 Å². The van der Waals surface area contributed by atoms with Gasteiger partial charge in [-0.25, -0.2) is 0 Å². The number of hydrogen-bond donors (Lipinski definition) is 0. The van der Waals surface area contributed by atoms with E-state index in [0.717, 1.165) is 22.2 Å². The van der Waals surface area contributed by atoms with Crippen LogP contribution in [0.4, 0.5) is 0 Å². The molecule has 0 spiro atoms. The SMILES string of the molecule is CC(C)c1ccccc1-n1c(SCc2nnc(-c3ccccc3Cl)o2)nnc1-c1cccnc1. The van der Waals surface area contributed by atoms with Gasteiger partial charge < -0.3 is 4.42 Å². The molecule has 0 amide bonds. The maximum Gasteiger partial charge on any atom is 0.249 e. The number of halogens is 1. The summed E-state index contributed by atoms with van der Waals surface area (Å²) in [6.45, 7) is 4.35. The van der Waals surface area contributed by atoms with Crippen LogP contribution in [0.2, 0.25) is 5.02 Å². The lowest BCUT2D eigenvalue weighted by molar-refractivity contribution is 0.528. The van der Waals surface area contributed by atoms with Crippen LogP contribution in [-0.4, -0.2) is 29.9 Å². The van der Waals surface area contributed by atoms with E-state index in [4.69, 9.17) is 16.0 Å². The van der Waals surface area contributed by atoms with Crippen molar-refractivity contribution in [3.8, 4) is 28.5 Å². The molecule has 34 heavy (non-hydrogen) atoms. The maximum atomic E-state index is 6.27. The van der Waals surface area contributed by atoms with E-state index in [2.05, 4.69) is 62.0 Å². The Kier molecular flexibility index (Phi) is 6.42. The molecule has 0 N–H and O–H groups in total. The highest BCUT2D eigenvalue weighted by atomic mass is 35.5. The van der Waals surface area contributed by atoms with E-state index in [1.54, 1.807) is 18.5 Å². The molecule has 0 aliphatic heterocycles. The molecule has 0 atom stereocenters. The molecule has 5 aromatic rings. The number of para-hydroxylation sites is 1. The Hall–Kier alpha value is -3.49. The minimum Gasteiger partial charge on any atom is -0.420 e. The van der Waals surface area contributed by atoms with Gasteiger partial charge in [-0.3, -0.25) is 9.55 Å². The fourth-order valence-corrected chi connectivity index (χ4v) is 4.62. The van der Waals surface area contributed by atoms with E-state index in [9.17, 15) is 0 Å². The van der Waals surface area contributed by atoms with Crippen molar-refractivity contribution in [1.82, 2.24) is 29.9 Å². The number of rotatable bonds is 7. The van der Waals surface area contributed by atoms with Crippen LogP contribution in [0.15, 0.2) is 82.6 Å². The van der Waals surface area contributed by atoms with Gasteiger partial charge in [0.15, 0.2) is 11.0 Å². The normalized spacial score (nSPS) is 11.3. The minimum atomic E-state index is 0.326. The molecule has 0 aliphatic rings. The topological polar surface area (TPSA) is 82.5 Å². The van der Waals surface area contributed by atoms with E-state index in [0.29, 0.717) is 34.0 Å². The Morgan fingerprint density at radius 3 is 2.56 bits per heavy atom. The number of aromatic nitrogens is 6. The van der Waals surface area contributed by atoms with Gasteiger partial charge in [-0.2, -0.15) is 0 Å². The van der Waals surface area contributed by atoms with Gasteiger partial charge in [-0.05, 0) is 41.8 Å². The van der Waals surface area contributed by atoms with E-state index >= 15 is 0 Å². The third-order valence-corrected chi connectivity index (χ3v) is 6.49. The summed E-state index contributed by atoms with van der Waals surface area (Å²) in [5.41, 5.74) is 3.83. The van der Waals surface area contributed by atoms with Crippen LogP contribution in [0.3, 0.4) is 0 Å². The Bertz CT molecular complexity index is 1420. The molecule has 3 aromatic heterocycles. The molecule has 0 fully saturated rings. The highest BCUT2D eigenvalue weighted by molar-refractivity contribution is 7.98. The summed E-state index contributed by atoms with van der Waals surface area (Å²) in [5.74, 6) is 2.36. The van der Waals surface area contributed by atoms with Crippen LogP contribution in [0, 0.1) is 0 Å². The maximum absolute atomic E-state index is 6.27. The van der Waals surface area contributed by atoms with Crippen molar-refractivity contribution in [1.29, 1.82) is 0 Å². The van der Waals surface area contributed by atoms with Crippen LogP contribution in [0.1, 0.15) is 31.2 Å². The van der Waals surface area contributed by atoms with Crippen LogP contribution >= 0.6 is 23.4 Å². The quantitative estimate of drug-likeness (QED) is 0.243. The fraction of sp³-hybridized carbons (Fsp3) is 0.160. The van der Waals surface area contributed by atoms with E-state index in [-0.39, 0.29) is 0 Å². The van der Waals surface area contributed by atoms with Crippen molar-refractivity contribution in [2.45, 2.75) is 30.7 Å². The van der Waals surface area contributed by atoms with E-state index in [1.165, 1.54) is 17.3 Å². The van der Waals surface area contributed by atoms with Gasteiger partial charge in [0.05, 0.1) is 22.0 Å². The number of benzene rings is 2. The Morgan fingerprint density at radius 2 is 1.76 bits per heavy atom. The predicted octanol–water partition coefficient (Wildman–Crippen LogP) is 6.45. The zero-order valence-corrected chi connectivity index (χ0v) is 20.2.